The fourth-order valence-corrected chi connectivity index (χ4v) is 3.26. The zero-order valence-corrected chi connectivity index (χ0v) is 13.1. The molecule has 21 heavy (non-hydrogen) atoms. The molecule has 3 rings (SSSR count). The summed E-state index contributed by atoms with van der Waals surface area (Å²) < 4.78 is 1.99. The Kier molecular flexibility index (Phi) is 4.12. The number of hydrogen-bond acceptors (Lipinski definition) is 3. The van der Waals surface area contributed by atoms with Crippen molar-refractivity contribution in [2.24, 2.45) is 0 Å². The van der Waals surface area contributed by atoms with Crippen LogP contribution in [0.25, 0.3) is 0 Å². The van der Waals surface area contributed by atoms with E-state index in [2.05, 4.69) is 11.7 Å². The smallest absolute Gasteiger partial charge is 0.246 e. The fraction of sp³-hybridized carbons (Fsp3) is 0.333. The Morgan fingerprint density at radius 2 is 2.33 bits per heavy atom. The maximum absolute atomic E-state index is 12.0. The molecule has 0 radical (unpaired) electrons. The van der Waals surface area contributed by atoms with Gasteiger partial charge in [0.1, 0.15) is 0 Å². The number of thiophene rings is 1. The first-order chi connectivity index (χ1) is 10.2. The lowest BCUT2D eigenvalue weighted by atomic mass is 10.3. The van der Waals surface area contributed by atoms with Crippen LogP contribution in [0.15, 0.2) is 36.4 Å². The summed E-state index contributed by atoms with van der Waals surface area (Å²) in [6.45, 7) is 4.53. The molecule has 110 valence electrons. The van der Waals surface area contributed by atoms with Crippen LogP contribution in [0.4, 0.5) is 0 Å². The zero-order chi connectivity index (χ0) is 14.8. The lowest BCUT2D eigenvalue weighted by Gasteiger charge is -2.19. The van der Waals surface area contributed by atoms with Gasteiger partial charge in [0.2, 0.25) is 5.91 Å². The van der Waals surface area contributed by atoms with Gasteiger partial charge in [0.25, 0.3) is 0 Å². The van der Waals surface area contributed by atoms with Crippen molar-refractivity contribution in [1.29, 1.82) is 0 Å². The molecule has 1 amide bonds. The fourth-order valence-electron chi connectivity index (χ4n) is 2.15. The molecule has 0 spiro atoms. The number of nitrogens with zero attached hydrogens (tertiary/aromatic N) is 3. The van der Waals surface area contributed by atoms with E-state index >= 15 is 0 Å². The highest BCUT2D eigenvalue weighted by atomic mass is 35.5. The van der Waals surface area contributed by atoms with Gasteiger partial charge in [-0.3, -0.25) is 9.48 Å². The first kappa shape index (κ1) is 14.4. The van der Waals surface area contributed by atoms with Crippen LogP contribution in [0.2, 0.25) is 5.02 Å². The van der Waals surface area contributed by atoms with Crippen LogP contribution in [-0.4, -0.2) is 20.6 Å². The van der Waals surface area contributed by atoms with Gasteiger partial charge in [0.05, 0.1) is 29.8 Å². The largest absolute Gasteiger partial charge is 0.328 e. The zero-order valence-electron chi connectivity index (χ0n) is 11.5. The van der Waals surface area contributed by atoms with Gasteiger partial charge < -0.3 is 4.90 Å². The molecule has 1 aliphatic rings. The van der Waals surface area contributed by atoms with Crippen LogP contribution in [0, 0.1) is 0 Å². The molecule has 1 fully saturated rings. The average Bonchev–Trinajstić information content (AvgIpc) is 3.11. The van der Waals surface area contributed by atoms with E-state index in [9.17, 15) is 4.79 Å². The summed E-state index contributed by atoms with van der Waals surface area (Å²) in [6.07, 6.45) is 5.71. The summed E-state index contributed by atoms with van der Waals surface area (Å²) in [5.41, 5.74) is 0.893. The molecule has 0 aliphatic heterocycles. The molecule has 0 unspecified atom stereocenters. The standard InChI is InChI=1S/C15H16ClN3OS/c1-2-15(20)18(10-14-13(16)6-8-21-14)9-11-5-7-19(17-11)12-3-4-12/h2,5-8,12H,1,3-4,9-10H2. The molecule has 2 heterocycles. The SMILES string of the molecule is C=CC(=O)N(Cc1ccn(C2CC2)n1)Cc1sccc1Cl. The summed E-state index contributed by atoms with van der Waals surface area (Å²) in [7, 11) is 0. The molecule has 0 aromatic carbocycles. The molecule has 0 saturated heterocycles. The average molecular weight is 322 g/mol. The highest BCUT2D eigenvalue weighted by Gasteiger charge is 2.24. The minimum Gasteiger partial charge on any atom is -0.328 e. The predicted octanol–water partition coefficient (Wildman–Crippen LogP) is 3.65. The number of carbonyl (C=O) groups excluding carboxylic acids is 1. The Hall–Kier alpha value is -1.59. The van der Waals surface area contributed by atoms with E-state index in [0.29, 0.717) is 24.2 Å². The third-order valence-electron chi connectivity index (χ3n) is 3.45. The van der Waals surface area contributed by atoms with Crippen molar-refractivity contribution in [3.05, 3.63) is 52.0 Å². The monoisotopic (exact) mass is 321 g/mol. The van der Waals surface area contributed by atoms with E-state index in [1.54, 1.807) is 16.2 Å². The molecule has 1 aliphatic carbocycles. The van der Waals surface area contributed by atoms with Gasteiger partial charge in [-0.1, -0.05) is 18.2 Å². The lowest BCUT2D eigenvalue weighted by molar-refractivity contribution is -0.127. The van der Waals surface area contributed by atoms with Crippen LogP contribution in [0.5, 0.6) is 0 Å². The second-order valence-electron chi connectivity index (χ2n) is 5.11. The summed E-state index contributed by atoms with van der Waals surface area (Å²) in [4.78, 5) is 14.7. The van der Waals surface area contributed by atoms with Crippen molar-refractivity contribution in [1.82, 2.24) is 14.7 Å². The molecule has 0 atom stereocenters. The van der Waals surface area contributed by atoms with Crippen LogP contribution in [0.3, 0.4) is 0 Å². The number of amides is 1. The number of rotatable bonds is 6. The molecule has 4 nitrogen and oxygen atoms in total. The molecule has 0 N–H and O–H groups in total. The molecule has 0 bridgehead atoms. The Morgan fingerprint density at radius 1 is 1.52 bits per heavy atom. The van der Waals surface area contributed by atoms with Crippen molar-refractivity contribution >= 4 is 28.8 Å². The van der Waals surface area contributed by atoms with Gasteiger partial charge in [0, 0.05) is 11.1 Å². The normalized spacial score (nSPS) is 14.1. The Morgan fingerprint density at radius 3 is 2.95 bits per heavy atom. The van der Waals surface area contributed by atoms with Crippen LogP contribution < -0.4 is 0 Å². The van der Waals surface area contributed by atoms with E-state index < -0.39 is 0 Å². The van der Waals surface area contributed by atoms with Crippen LogP contribution in [0.1, 0.15) is 29.5 Å². The van der Waals surface area contributed by atoms with Gasteiger partial charge >= 0.3 is 0 Å². The van der Waals surface area contributed by atoms with Gasteiger partial charge in [-0.2, -0.15) is 5.10 Å². The van der Waals surface area contributed by atoms with E-state index in [-0.39, 0.29) is 5.91 Å². The van der Waals surface area contributed by atoms with Crippen LogP contribution >= 0.6 is 22.9 Å². The Bertz CT molecular complexity index is 659. The van der Waals surface area contributed by atoms with Crippen molar-refractivity contribution in [3.63, 3.8) is 0 Å². The lowest BCUT2D eigenvalue weighted by Crippen LogP contribution is -2.28. The van der Waals surface area contributed by atoms with Gasteiger partial charge in [0.15, 0.2) is 0 Å². The first-order valence-corrected chi connectivity index (χ1v) is 8.10. The van der Waals surface area contributed by atoms with E-state index in [0.717, 1.165) is 10.6 Å². The van der Waals surface area contributed by atoms with Crippen molar-refractivity contribution in [3.8, 4) is 0 Å². The first-order valence-electron chi connectivity index (χ1n) is 6.84. The molecule has 1 saturated carbocycles. The number of aromatic nitrogens is 2. The van der Waals surface area contributed by atoms with Gasteiger partial charge in [-0.15, -0.1) is 11.3 Å². The highest BCUT2D eigenvalue weighted by molar-refractivity contribution is 7.10. The van der Waals surface area contributed by atoms with Crippen molar-refractivity contribution in [2.75, 3.05) is 0 Å². The summed E-state index contributed by atoms with van der Waals surface area (Å²) in [6, 6.07) is 4.37. The van der Waals surface area contributed by atoms with E-state index in [1.165, 1.54) is 18.9 Å². The summed E-state index contributed by atoms with van der Waals surface area (Å²) >= 11 is 7.67. The summed E-state index contributed by atoms with van der Waals surface area (Å²) in [5.74, 6) is -0.111. The number of carbonyl (C=O) groups is 1. The third kappa shape index (κ3) is 3.36. The Labute approximate surface area is 132 Å². The minimum absolute atomic E-state index is 0.111. The molecule has 2 aromatic rings. The van der Waals surface area contributed by atoms with Crippen molar-refractivity contribution < 1.29 is 4.79 Å². The van der Waals surface area contributed by atoms with E-state index in [1.807, 2.05) is 28.4 Å². The topological polar surface area (TPSA) is 38.1 Å². The molecule has 2 aromatic heterocycles. The number of halogens is 1. The molecular weight excluding hydrogens is 306 g/mol. The summed E-state index contributed by atoms with van der Waals surface area (Å²) in [5, 5.41) is 7.17. The second kappa shape index (κ2) is 6.03. The maximum Gasteiger partial charge on any atom is 0.246 e. The van der Waals surface area contributed by atoms with E-state index in [4.69, 9.17) is 11.6 Å². The van der Waals surface area contributed by atoms with Gasteiger partial charge in [-0.05, 0) is 36.4 Å². The highest BCUT2D eigenvalue weighted by Crippen LogP contribution is 2.34. The van der Waals surface area contributed by atoms with Crippen LogP contribution in [-0.2, 0) is 17.9 Å². The predicted molar refractivity (Wildman–Crippen MR) is 84.3 cm³/mol. The quantitative estimate of drug-likeness (QED) is 0.762. The molecule has 6 heteroatoms. The van der Waals surface area contributed by atoms with Gasteiger partial charge in [-0.25, -0.2) is 0 Å². The Balaban J connectivity index is 1.73. The number of hydrogen-bond donors (Lipinski definition) is 0. The molecular formula is C15H16ClN3OS. The minimum atomic E-state index is -0.111. The second-order valence-corrected chi connectivity index (χ2v) is 6.52. The maximum atomic E-state index is 12.0. The van der Waals surface area contributed by atoms with Crippen molar-refractivity contribution in [2.45, 2.75) is 32.0 Å². The third-order valence-corrected chi connectivity index (χ3v) is 4.82.